The molecule has 3 N–H and O–H groups in total. The van der Waals surface area contributed by atoms with Gasteiger partial charge in [-0.05, 0) is 30.4 Å². The number of nitrogens with zero attached hydrogens (tertiary/aromatic N) is 1. The van der Waals surface area contributed by atoms with Crippen LogP contribution >= 0.6 is 11.6 Å². The molecule has 3 aromatic rings. The number of carbonyl (C=O) groups excluding carboxylic acids is 1. The molecule has 0 radical (unpaired) electrons. The van der Waals surface area contributed by atoms with E-state index >= 15 is 0 Å². The first-order valence-electron chi connectivity index (χ1n) is 9.31. The lowest BCUT2D eigenvalue weighted by Crippen LogP contribution is -2.28. The molecule has 0 bridgehead atoms. The summed E-state index contributed by atoms with van der Waals surface area (Å²) in [4.78, 5) is 18.3. The Morgan fingerprint density at radius 1 is 1.10 bits per heavy atom. The van der Waals surface area contributed by atoms with Gasteiger partial charge in [0.2, 0.25) is 0 Å². The van der Waals surface area contributed by atoms with Crippen molar-refractivity contribution in [1.82, 2.24) is 10.2 Å². The van der Waals surface area contributed by atoms with Crippen LogP contribution in [0, 0.1) is 0 Å². The summed E-state index contributed by atoms with van der Waals surface area (Å²) >= 11 is 6.43. The molecular formula is C23H18ClN4O+. The summed E-state index contributed by atoms with van der Waals surface area (Å²) < 4.78 is 0. The summed E-state index contributed by atoms with van der Waals surface area (Å²) in [5, 5.41) is 9.07. The number of fused-ring (bicyclic) bond motifs is 2. The first-order valence-corrected chi connectivity index (χ1v) is 9.69. The van der Waals surface area contributed by atoms with Crippen LogP contribution in [0.2, 0.25) is 5.02 Å². The highest BCUT2D eigenvalue weighted by Gasteiger charge is 2.34. The number of amides is 1. The number of aromatic amines is 1. The predicted octanol–water partition coefficient (Wildman–Crippen LogP) is 4.14. The molecular weight excluding hydrogens is 384 g/mol. The van der Waals surface area contributed by atoms with Gasteiger partial charge in [0, 0.05) is 39.3 Å². The molecule has 142 valence electrons. The third kappa shape index (κ3) is 3.05. The van der Waals surface area contributed by atoms with E-state index in [0.717, 1.165) is 27.7 Å². The maximum absolute atomic E-state index is 13.2. The summed E-state index contributed by atoms with van der Waals surface area (Å²) in [6, 6.07) is 15.4. The largest absolute Gasteiger partial charge is 0.355 e. The van der Waals surface area contributed by atoms with E-state index in [1.54, 1.807) is 0 Å². The van der Waals surface area contributed by atoms with Crippen molar-refractivity contribution in [3.8, 4) is 0 Å². The minimum absolute atomic E-state index is 0.195. The van der Waals surface area contributed by atoms with Gasteiger partial charge in [-0.15, -0.1) is 0 Å². The Morgan fingerprint density at radius 2 is 2.00 bits per heavy atom. The summed E-state index contributed by atoms with van der Waals surface area (Å²) in [7, 11) is 0. The van der Waals surface area contributed by atoms with Gasteiger partial charge in [-0.3, -0.25) is 4.79 Å². The molecule has 2 aliphatic heterocycles. The Kier molecular flexibility index (Phi) is 4.30. The van der Waals surface area contributed by atoms with Gasteiger partial charge >= 0.3 is 0 Å². The molecule has 0 aliphatic carbocycles. The normalized spacial score (nSPS) is 17.4. The molecule has 1 amide bonds. The van der Waals surface area contributed by atoms with E-state index < -0.39 is 0 Å². The van der Waals surface area contributed by atoms with Crippen molar-refractivity contribution in [2.75, 3.05) is 5.32 Å². The van der Waals surface area contributed by atoms with Crippen LogP contribution in [0.25, 0.3) is 10.8 Å². The molecule has 0 saturated heterocycles. The maximum atomic E-state index is 13.2. The Balaban J connectivity index is 1.50. The van der Waals surface area contributed by atoms with Crippen LogP contribution in [-0.2, 0) is 4.79 Å². The Hall–Kier alpha value is -3.57. The fraction of sp³-hybridized carbons (Fsp3) is 0.0435. The Labute approximate surface area is 173 Å². The molecule has 1 unspecified atom stereocenters. The lowest BCUT2D eigenvalue weighted by atomic mass is 10.1. The number of halogens is 1. The van der Waals surface area contributed by atoms with Crippen molar-refractivity contribution in [2.45, 2.75) is 6.17 Å². The van der Waals surface area contributed by atoms with Gasteiger partial charge in [0.1, 0.15) is 11.9 Å². The number of aromatic nitrogens is 1. The fourth-order valence-electron chi connectivity index (χ4n) is 3.74. The fourth-order valence-corrected chi connectivity index (χ4v) is 3.98. The van der Waals surface area contributed by atoms with Crippen molar-refractivity contribution in [1.29, 1.82) is 0 Å². The predicted molar refractivity (Wildman–Crippen MR) is 114 cm³/mol. The van der Waals surface area contributed by atoms with E-state index in [-0.39, 0.29) is 12.1 Å². The number of benzene rings is 2. The number of carbonyl (C=O) groups is 1. The summed E-state index contributed by atoms with van der Waals surface area (Å²) in [5.74, 6) is -0.195. The molecule has 0 spiro atoms. The number of anilines is 1. The zero-order chi connectivity index (χ0) is 19.8. The van der Waals surface area contributed by atoms with Crippen molar-refractivity contribution >= 4 is 34.0 Å². The van der Waals surface area contributed by atoms with Gasteiger partial charge in [-0.25, -0.2) is 4.98 Å². The topological polar surface area (TPSA) is 58.5 Å². The van der Waals surface area contributed by atoms with Gasteiger partial charge in [0.05, 0.1) is 5.70 Å². The number of hydrogen-bond donors (Lipinski definition) is 2. The minimum atomic E-state index is -0.247. The molecule has 0 fully saturated rings. The Morgan fingerprint density at radius 3 is 2.90 bits per heavy atom. The molecule has 2 aliphatic rings. The maximum Gasteiger partial charge on any atom is 0.273 e. The number of allylic oxidation sites excluding steroid dienone is 3. The monoisotopic (exact) mass is 401 g/mol. The van der Waals surface area contributed by atoms with Crippen LogP contribution in [0.15, 0.2) is 96.7 Å². The van der Waals surface area contributed by atoms with Crippen LogP contribution in [0.3, 0.4) is 0 Å². The highest BCUT2D eigenvalue weighted by molar-refractivity contribution is 6.31. The SMILES string of the molecule is O=C(Nc1cccc2c[nH+]ccc12)C1=C2C=CC=CN2C(c2ccccc2Cl)N1. The molecule has 3 heterocycles. The summed E-state index contributed by atoms with van der Waals surface area (Å²) in [6.07, 6.45) is 11.2. The third-order valence-corrected chi connectivity index (χ3v) is 5.45. The lowest BCUT2D eigenvalue weighted by Gasteiger charge is -2.26. The average Bonchev–Trinajstić information content (AvgIpc) is 3.14. The van der Waals surface area contributed by atoms with E-state index in [0.29, 0.717) is 10.7 Å². The number of H-pyrrole nitrogens is 1. The molecule has 5 nitrogen and oxygen atoms in total. The van der Waals surface area contributed by atoms with E-state index in [2.05, 4.69) is 15.6 Å². The smallest absolute Gasteiger partial charge is 0.273 e. The van der Waals surface area contributed by atoms with E-state index in [1.165, 1.54) is 0 Å². The standard InChI is InChI=1S/C23H17ClN4O/c24-18-8-2-1-7-17(18)22-27-21(20-10-3-4-13-28(20)22)23(29)26-19-9-5-6-15-14-25-12-11-16(15)19/h1-14,22,27H,(H,26,29)/p+1. The zero-order valence-corrected chi connectivity index (χ0v) is 16.1. The average molecular weight is 402 g/mol. The molecule has 1 aromatic heterocycles. The first kappa shape index (κ1) is 17.5. The lowest BCUT2D eigenvalue weighted by molar-refractivity contribution is -0.375. The van der Waals surface area contributed by atoms with Gasteiger partial charge < -0.3 is 15.5 Å². The van der Waals surface area contributed by atoms with Gasteiger partial charge in [0.15, 0.2) is 12.4 Å². The second kappa shape index (κ2) is 7.11. The summed E-state index contributed by atoms with van der Waals surface area (Å²) in [6.45, 7) is 0. The van der Waals surface area contributed by atoms with Gasteiger partial charge in [0.25, 0.3) is 5.91 Å². The van der Waals surface area contributed by atoms with Crippen molar-refractivity contribution in [3.63, 3.8) is 0 Å². The molecule has 2 aromatic carbocycles. The first-order chi connectivity index (χ1) is 14.2. The van der Waals surface area contributed by atoms with Crippen LogP contribution in [0.5, 0.6) is 0 Å². The molecule has 6 heteroatoms. The summed E-state index contributed by atoms with van der Waals surface area (Å²) in [5.41, 5.74) is 2.99. The van der Waals surface area contributed by atoms with Crippen LogP contribution in [-0.4, -0.2) is 10.8 Å². The quantitative estimate of drug-likeness (QED) is 0.693. The number of rotatable bonds is 3. The number of hydrogen-bond acceptors (Lipinski definition) is 3. The van der Waals surface area contributed by atoms with Crippen molar-refractivity contribution in [2.24, 2.45) is 0 Å². The van der Waals surface area contributed by atoms with E-state index in [4.69, 9.17) is 11.6 Å². The van der Waals surface area contributed by atoms with Gasteiger partial charge in [-0.2, -0.15) is 0 Å². The van der Waals surface area contributed by atoms with Crippen molar-refractivity contribution in [3.05, 3.63) is 107 Å². The van der Waals surface area contributed by atoms with Crippen LogP contribution in [0.1, 0.15) is 11.7 Å². The highest BCUT2D eigenvalue weighted by Crippen LogP contribution is 2.37. The highest BCUT2D eigenvalue weighted by atomic mass is 35.5. The van der Waals surface area contributed by atoms with E-state index in [9.17, 15) is 4.79 Å². The zero-order valence-electron chi connectivity index (χ0n) is 15.4. The molecule has 1 atom stereocenters. The second-order valence-corrected chi connectivity index (χ2v) is 7.25. The molecule has 0 saturated carbocycles. The van der Waals surface area contributed by atoms with Crippen molar-refractivity contribution < 1.29 is 9.78 Å². The van der Waals surface area contributed by atoms with Gasteiger partial charge in [-0.1, -0.05) is 41.9 Å². The van der Waals surface area contributed by atoms with Crippen LogP contribution in [0.4, 0.5) is 5.69 Å². The molecule has 29 heavy (non-hydrogen) atoms. The third-order valence-electron chi connectivity index (χ3n) is 5.11. The molecule has 5 rings (SSSR count). The van der Waals surface area contributed by atoms with Crippen LogP contribution < -0.4 is 15.6 Å². The Bertz CT molecular complexity index is 1210. The second-order valence-electron chi connectivity index (χ2n) is 6.84. The van der Waals surface area contributed by atoms with E-state index in [1.807, 2.05) is 90.3 Å². The number of nitrogens with one attached hydrogen (secondary N) is 3. The minimum Gasteiger partial charge on any atom is -0.355 e. The number of pyridine rings is 1.